The second kappa shape index (κ2) is 5.58. The summed E-state index contributed by atoms with van der Waals surface area (Å²) in [6, 6.07) is 3.57. The van der Waals surface area contributed by atoms with Gasteiger partial charge in [-0.1, -0.05) is 0 Å². The lowest BCUT2D eigenvalue weighted by atomic mass is 10.1. The minimum Gasteiger partial charge on any atom is -0.381 e. The highest BCUT2D eigenvalue weighted by Crippen LogP contribution is 2.07. The van der Waals surface area contributed by atoms with E-state index >= 15 is 0 Å². The molecule has 1 amide bonds. The van der Waals surface area contributed by atoms with Crippen molar-refractivity contribution in [3.8, 4) is 0 Å². The van der Waals surface area contributed by atoms with Gasteiger partial charge in [0, 0.05) is 26.3 Å². The zero-order valence-corrected chi connectivity index (χ0v) is 9.77. The van der Waals surface area contributed by atoms with Crippen LogP contribution in [0.3, 0.4) is 0 Å². The Labute approximate surface area is 99.8 Å². The van der Waals surface area contributed by atoms with E-state index < -0.39 is 0 Å². The molecule has 0 saturated carbocycles. The highest BCUT2D eigenvalue weighted by Gasteiger charge is 2.17. The molecule has 0 unspecified atom stereocenters. The average molecular weight is 236 g/mol. The van der Waals surface area contributed by atoms with Crippen molar-refractivity contribution < 1.29 is 9.53 Å². The van der Waals surface area contributed by atoms with E-state index in [9.17, 15) is 4.79 Å². The molecule has 0 aromatic carbocycles. The number of anilines is 1. The van der Waals surface area contributed by atoms with E-state index in [4.69, 9.17) is 4.74 Å². The summed E-state index contributed by atoms with van der Waals surface area (Å²) in [5.74, 6) is 0.472. The molecule has 1 aromatic rings. The van der Waals surface area contributed by atoms with Crippen molar-refractivity contribution in [1.82, 2.24) is 15.5 Å². The van der Waals surface area contributed by atoms with Crippen molar-refractivity contribution in [1.29, 1.82) is 0 Å². The third-order valence-corrected chi connectivity index (χ3v) is 2.71. The molecule has 0 radical (unpaired) electrons. The summed E-state index contributed by atoms with van der Waals surface area (Å²) >= 11 is 0. The molecule has 1 aliphatic rings. The Morgan fingerprint density at radius 3 is 2.71 bits per heavy atom. The molecule has 1 saturated heterocycles. The van der Waals surface area contributed by atoms with Crippen LogP contribution in [-0.4, -0.2) is 42.4 Å². The van der Waals surface area contributed by atoms with Gasteiger partial charge in [-0.25, -0.2) is 0 Å². The normalized spacial score (nSPS) is 16.5. The predicted octanol–water partition coefficient (Wildman–Crippen LogP) is 0.427. The summed E-state index contributed by atoms with van der Waals surface area (Å²) in [6.07, 6.45) is 1.71. The molecule has 17 heavy (non-hydrogen) atoms. The minimum atomic E-state index is -0.174. The second-order valence-electron chi connectivity index (χ2n) is 3.91. The average Bonchev–Trinajstić information content (AvgIpc) is 2.40. The third kappa shape index (κ3) is 3.13. The highest BCUT2D eigenvalue weighted by molar-refractivity contribution is 5.92. The lowest BCUT2D eigenvalue weighted by molar-refractivity contribution is 0.0693. The Bertz CT molecular complexity index is 374. The molecule has 1 fully saturated rings. The molecular weight excluding hydrogens is 220 g/mol. The zero-order valence-electron chi connectivity index (χ0n) is 9.77. The number of hydrogen-bond donors (Lipinski definition) is 2. The number of nitrogens with one attached hydrogen (secondary N) is 2. The van der Waals surface area contributed by atoms with E-state index in [-0.39, 0.29) is 11.9 Å². The van der Waals surface area contributed by atoms with Crippen molar-refractivity contribution in [2.24, 2.45) is 0 Å². The zero-order chi connectivity index (χ0) is 12.1. The van der Waals surface area contributed by atoms with Gasteiger partial charge in [0.2, 0.25) is 0 Å². The number of hydrogen-bond acceptors (Lipinski definition) is 5. The van der Waals surface area contributed by atoms with E-state index in [1.165, 1.54) is 0 Å². The molecule has 6 nitrogen and oxygen atoms in total. The maximum Gasteiger partial charge on any atom is 0.272 e. The molecule has 2 heterocycles. The van der Waals surface area contributed by atoms with E-state index in [0.29, 0.717) is 24.7 Å². The molecule has 2 N–H and O–H groups in total. The molecule has 1 aliphatic heterocycles. The van der Waals surface area contributed by atoms with Gasteiger partial charge in [0.05, 0.1) is 0 Å². The first-order valence-corrected chi connectivity index (χ1v) is 5.69. The maximum atomic E-state index is 11.8. The number of rotatable bonds is 3. The van der Waals surface area contributed by atoms with Gasteiger partial charge in [-0.2, -0.15) is 0 Å². The number of aromatic nitrogens is 2. The van der Waals surface area contributed by atoms with Gasteiger partial charge >= 0.3 is 0 Å². The Morgan fingerprint density at radius 1 is 1.35 bits per heavy atom. The number of amides is 1. The van der Waals surface area contributed by atoms with Crippen molar-refractivity contribution >= 4 is 11.7 Å². The van der Waals surface area contributed by atoms with Crippen LogP contribution in [0.25, 0.3) is 0 Å². The SMILES string of the molecule is CNc1ccc(C(=O)NC2CCOCC2)nn1. The van der Waals surface area contributed by atoms with Gasteiger partial charge in [0.25, 0.3) is 5.91 Å². The van der Waals surface area contributed by atoms with Crippen LogP contribution >= 0.6 is 0 Å². The monoisotopic (exact) mass is 236 g/mol. The van der Waals surface area contributed by atoms with Gasteiger partial charge in [0.15, 0.2) is 5.69 Å². The lowest BCUT2D eigenvalue weighted by Crippen LogP contribution is -2.39. The summed E-state index contributed by atoms with van der Waals surface area (Å²) in [4.78, 5) is 11.8. The largest absolute Gasteiger partial charge is 0.381 e. The van der Waals surface area contributed by atoms with Gasteiger partial charge in [-0.15, -0.1) is 10.2 Å². The van der Waals surface area contributed by atoms with Gasteiger partial charge in [-0.05, 0) is 25.0 Å². The number of nitrogens with zero attached hydrogens (tertiary/aromatic N) is 2. The van der Waals surface area contributed by atoms with Crippen LogP contribution in [0, 0.1) is 0 Å². The minimum absolute atomic E-state index is 0.174. The molecule has 1 aromatic heterocycles. The molecule has 0 bridgehead atoms. The van der Waals surface area contributed by atoms with Crippen molar-refractivity contribution in [3.63, 3.8) is 0 Å². The van der Waals surface area contributed by atoms with E-state index in [0.717, 1.165) is 12.8 Å². The molecular formula is C11H16N4O2. The summed E-state index contributed by atoms with van der Waals surface area (Å²) in [5.41, 5.74) is 0.343. The van der Waals surface area contributed by atoms with Crippen molar-refractivity contribution in [3.05, 3.63) is 17.8 Å². The van der Waals surface area contributed by atoms with E-state index in [1.54, 1.807) is 19.2 Å². The third-order valence-electron chi connectivity index (χ3n) is 2.71. The molecule has 6 heteroatoms. The van der Waals surface area contributed by atoms with Crippen LogP contribution < -0.4 is 10.6 Å². The number of carbonyl (C=O) groups excluding carboxylic acids is 1. The Morgan fingerprint density at radius 2 is 2.12 bits per heavy atom. The van der Waals surface area contributed by atoms with E-state index in [1.807, 2.05) is 0 Å². The van der Waals surface area contributed by atoms with Crippen LogP contribution in [0.2, 0.25) is 0 Å². The number of ether oxygens (including phenoxy) is 1. The van der Waals surface area contributed by atoms with Crippen LogP contribution in [0.15, 0.2) is 12.1 Å². The Hall–Kier alpha value is -1.69. The fourth-order valence-electron chi connectivity index (χ4n) is 1.69. The summed E-state index contributed by atoms with van der Waals surface area (Å²) in [6.45, 7) is 1.41. The Kier molecular flexibility index (Phi) is 3.87. The Balaban J connectivity index is 1.93. The van der Waals surface area contributed by atoms with Crippen LogP contribution in [0.1, 0.15) is 23.3 Å². The van der Waals surface area contributed by atoms with Gasteiger partial charge in [-0.3, -0.25) is 4.79 Å². The number of carbonyl (C=O) groups is 1. The first-order valence-electron chi connectivity index (χ1n) is 5.69. The molecule has 92 valence electrons. The highest BCUT2D eigenvalue weighted by atomic mass is 16.5. The lowest BCUT2D eigenvalue weighted by Gasteiger charge is -2.22. The fraction of sp³-hybridized carbons (Fsp3) is 0.545. The summed E-state index contributed by atoms with van der Waals surface area (Å²) in [7, 11) is 1.76. The molecule has 0 aliphatic carbocycles. The second-order valence-corrected chi connectivity index (χ2v) is 3.91. The van der Waals surface area contributed by atoms with E-state index in [2.05, 4.69) is 20.8 Å². The van der Waals surface area contributed by atoms with Crippen LogP contribution in [-0.2, 0) is 4.74 Å². The van der Waals surface area contributed by atoms with Crippen LogP contribution in [0.4, 0.5) is 5.82 Å². The van der Waals surface area contributed by atoms with Gasteiger partial charge < -0.3 is 15.4 Å². The quantitative estimate of drug-likeness (QED) is 0.795. The summed E-state index contributed by atoms with van der Waals surface area (Å²) in [5, 5.41) is 13.5. The van der Waals surface area contributed by atoms with Crippen molar-refractivity contribution in [2.75, 3.05) is 25.6 Å². The van der Waals surface area contributed by atoms with Crippen LogP contribution in [0.5, 0.6) is 0 Å². The maximum absolute atomic E-state index is 11.8. The molecule has 2 rings (SSSR count). The molecule has 0 atom stereocenters. The fourth-order valence-corrected chi connectivity index (χ4v) is 1.69. The summed E-state index contributed by atoms with van der Waals surface area (Å²) < 4.78 is 5.23. The van der Waals surface area contributed by atoms with Crippen molar-refractivity contribution in [2.45, 2.75) is 18.9 Å². The smallest absolute Gasteiger partial charge is 0.272 e. The first kappa shape index (κ1) is 11.8. The standard InChI is InChI=1S/C11H16N4O2/c1-12-10-3-2-9(14-15-10)11(16)13-8-4-6-17-7-5-8/h2-3,8H,4-7H2,1H3,(H,12,15)(H,13,16). The molecule has 0 spiro atoms. The van der Waals surface area contributed by atoms with Gasteiger partial charge in [0.1, 0.15) is 5.82 Å². The predicted molar refractivity (Wildman–Crippen MR) is 62.9 cm³/mol. The topological polar surface area (TPSA) is 76.1 Å². The first-order chi connectivity index (χ1) is 8.29.